The lowest BCUT2D eigenvalue weighted by Gasteiger charge is -2.35. The molecular weight excluding hydrogens is 1590 g/mol. The zero-order valence-corrected chi connectivity index (χ0v) is 75.8. The summed E-state index contributed by atoms with van der Waals surface area (Å²) in [5.41, 5.74) is 40.7. The van der Waals surface area contributed by atoms with Gasteiger partial charge in [-0.1, -0.05) is 145 Å². The Kier molecular flexibility index (Phi) is 31.7. The monoisotopic (exact) mass is 1720 g/mol. The number of carbonyl (C=O) groups is 4. The van der Waals surface area contributed by atoms with Crippen molar-refractivity contribution in [1.82, 2.24) is 59.5 Å². The van der Waals surface area contributed by atoms with E-state index < -0.39 is 0 Å². The van der Waals surface area contributed by atoms with Crippen molar-refractivity contribution in [3.63, 3.8) is 0 Å². The number of nitrogens with two attached hydrogens (primary N) is 4. The molecule has 0 bridgehead atoms. The number of benzene rings is 4. The van der Waals surface area contributed by atoms with Crippen molar-refractivity contribution in [3.8, 4) is 24.0 Å². The van der Waals surface area contributed by atoms with E-state index in [-0.39, 0.29) is 66.9 Å². The van der Waals surface area contributed by atoms with Crippen molar-refractivity contribution < 1.29 is 38.1 Å². The van der Waals surface area contributed by atoms with Gasteiger partial charge in [-0.05, 0) is 192 Å². The number of aromatic nitrogens is 8. The number of nitrogen functional groups attached to an aromatic ring is 4. The van der Waals surface area contributed by atoms with Crippen molar-refractivity contribution in [2.75, 3.05) is 141 Å². The fraction of sp³-hybridized carbons (Fsp3) is 0.551. The molecule has 126 heavy (non-hydrogen) atoms. The van der Waals surface area contributed by atoms with Crippen molar-refractivity contribution in [2.45, 2.75) is 248 Å². The van der Waals surface area contributed by atoms with Gasteiger partial charge in [0.25, 0.3) is 0 Å². The highest BCUT2D eigenvalue weighted by Gasteiger charge is 2.36. The van der Waals surface area contributed by atoms with Crippen molar-refractivity contribution in [1.29, 1.82) is 0 Å². The van der Waals surface area contributed by atoms with E-state index >= 15 is 0 Å². The van der Waals surface area contributed by atoms with Crippen molar-refractivity contribution in [3.05, 3.63) is 163 Å². The normalized spacial score (nSPS) is 17.6. The number of anilines is 8. The molecule has 0 spiro atoms. The average Bonchev–Trinajstić information content (AvgIpc) is 0.795. The Hall–Kier alpha value is -10.7. The van der Waals surface area contributed by atoms with Gasteiger partial charge in [-0.2, -0.15) is 39.9 Å². The zero-order valence-electron chi connectivity index (χ0n) is 75.8. The molecule has 4 aromatic heterocycles. The van der Waals surface area contributed by atoms with Crippen LogP contribution in [0.1, 0.15) is 242 Å². The first kappa shape index (κ1) is 91.5. The summed E-state index contributed by atoms with van der Waals surface area (Å²) in [5, 5.41) is 0. The van der Waals surface area contributed by atoms with Gasteiger partial charge in [-0.3, -0.25) is 38.8 Å². The van der Waals surface area contributed by atoms with Crippen molar-refractivity contribution >= 4 is 69.7 Å². The molecule has 0 radical (unpaired) electrons. The van der Waals surface area contributed by atoms with Crippen LogP contribution in [0.3, 0.4) is 0 Å². The minimum Gasteiger partial charge on any atom is -0.463 e. The Morgan fingerprint density at radius 3 is 1.19 bits per heavy atom. The van der Waals surface area contributed by atoms with Gasteiger partial charge in [0.2, 0.25) is 0 Å². The molecule has 0 amide bonds. The highest BCUT2D eigenvalue weighted by molar-refractivity contribution is 5.94. The summed E-state index contributed by atoms with van der Waals surface area (Å²) in [7, 11) is 0. The quantitative estimate of drug-likeness (QED) is 0.0293. The van der Waals surface area contributed by atoms with Gasteiger partial charge in [-0.25, -0.2) is 0 Å². The summed E-state index contributed by atoms with van der Waals surface area (Å²) in [6, 6.07) is 32.6. The summed E-state index contributed by atoms with van der Waals surface area (Å²) >= 11 is 0. The lowest BCUT2D eigenvalue weighted by Crippen LogP contribution is -2.39. The second-order valence-corrected chi connectivity index (χ2v) is 36.0. The van der Waals surface area contributed by atoms with E-state index in [0.717, 1.165) is 138 Å². The average molecular weight is 1720 g/mol. The van der Waals surface area contributed by atoms with E-state index in [1.165, 1.54) is 128 Å². The predicted octanol–water partition coefficient (Wildman–Crippen LogP) is 13.7. The van der Waals surface area contributed by atoms with Crippen LogP contribution in [0.25, 0.3) is 0 Å². The Morgan fingerprint density at radius 2 is 0.762 bits per heavy atom. The molecule has 2 saturated heterocycles. The molecule has 17 rings (SSSR count). The smallest absolute Gasteiger partial charge is 0.320 e. The number of rotatable bonds is 31. The Morgan fingerprint density at radius 1 is 0.373 bits per heavy atom. The van der Waals surface area contributed by atoms with Crippen LogP contribution in [0.4, 0.5) is 46.5 Å². The van der Waals surface area contributed by atoms with Crippen LogP contribution in [-0.2, 0) is 97.0 Å². The van der Waals surface area contributed by atoms with Gasteiger partial charge in [0.1, 0.15) is 46.5 Å². The molecule has 28 nitrogen and oxygen atoms in total. The summed E-state index contributed by atoms with van der Waals surface area (Å²) < 4.78 is 22.9. The number of ether oxygens (including phenoxy) is 4. The largest absolute Gasteiger partial charge is 0.463 e. The van der Waals surface area contributed by atoms with E-state index in [2.05, 4.69) is 200 Å². The molecule has 8 aliphatic heterocycles. The third-order valence-electron chi connectivity index (χ3n) is 25.9. The Bertz CT molecular complexity index is 5050. The van der Waals surface area contributed by atoms with Gasteiger partial charge >= 0.3 is 24.0 Å². The van der Waals surface area contributed by atoms with E-state index in [0.29, 0.717) is 136 Å². The molecule has 2 unspecified atom stereocenters. The van der Waals surface area contributed by atoms with Crippen LogP contribution in [-0.4, -0.2) is 187 Å². The summed E-state index contributed by atoms with van der Waals surface area (Å²) in [6.45, 7) is 34.1. The fourth-order valence-electron chi connectivity index (χ4n) is 18.2. The van der Waals surface area contributed by atoms with E-state index in [4.69, 9.17) is 41.9 Å². The lowest BCUT2D eigenvalue weighted by atomic mass is 9.84. The molecular formula is C98H134N20O8. The number of carbonyl (C=O) groups excluding carboxylic acids is 4. The molecule has 3 fully saturated rings. The molecule has 674 valence electrons. The maximum absolute atomic E-state index is 12.5. The number of hydrogen-bond donors (Lipinski definition) is 4. The maximum Gasteiger partial charge on any atom is 0.320 e. The first-order valence-electron chi connectivity index (χ1n) is 46.7. The molecule has 8 N–H and O–H groups in total. The van der Waals surface area contributed by atoms with Crippen molar-refractivity contribution in [2.24, 2.45) is 5.92 Å². The minimum atomic E-state index is -0.0145. The molecule has 12 heterocycles. The molecule has 8 aromatic rings. The maximum atomic E-state index is 12.5. The second-order valence-electron chi connectivity index (χ2n) is 36.0. The number of fused-ring (bicyclic) bond motifs is 6. The Balaban J connectivity index is 0.000000136. The number of nitrogens with zero attached hydrogens (tertiary/aromatic N) is 16. The predicted molar refractivity (Wildman–Crippen MR) is 496 cm³/mol. The van der Waals surface area contributed by atoms with Gasteiger partial charge in [0.15, 0.2) is 23.1 Å². The van der Waals surface area contributed by atoms with Gasteiger partial charge < -0.3 is 61.5 Å². The molecule has 9 aliphatic rings. The highest BCUT2D eigenvalue weighted by atomic mass is 16.5. The first-order valence-corrected chi connectivity index (χ1v) is 46.7. The Labute approximate surface area is 744 Å². The number of ketones is 4. The topological polar surface area (TPSA) is 338 Å². The number of unbranched alkanes of at least 4 members (excludes halogenated alkanes) is 4. The summed E-state index contributed by atoms with van der Waals surface area (Å²) in [6.07, 6.45) is 20.5. The van der Waals surface area contributed by atoms with Gasteiger partial charge in [0, 0.05) is 113 Å². The lowest BCUT2D eigenvalue weighted by molar-refractivity contribution is -0.118. The van der Waals surface area contributed by atoms with Crippen LogP contribution >= 0.6 is 0 Å². The van der Waals surface area contributed by atoms with Crippen LogP contribution in [0.15, 0.2) is 84.9 Å². The van der Waals surface area contributed by atoms with Crippen LogP contribution in [0.2, 0.25) is 0 Å². The number of likely N-dealkylation sites (tertiary alicyclic amines) is 2. The van der Waals surface area contributed by atoms with Crippen LogP contribution in [0, 0.1) is 5.92 Å². The van der Waals surface area contributed by atoms with E-state index in [9.17, 15) is 19.2 Å². The fourth-order valence-corrected chi connectivity index (χ4v) is 18.2. The van der Waals surface area contributed by atoms with E-state index in [1.807, 2.05) is 19.6 Å². The summed E-state index contributed by atoms with van der Waals surface area (Å²) in [4.78, 5) is 104. The minimum absolute atomic E-state index is 0.0124. The molecule has 2 atom stereocenters. The number of hydrogen-bond acceptors (Lipinski definition) is 28. The number of Topliss-reactive ketones (excluding diaryl/α,β-unsaturated/α-hetero) is 4. The third-order valence-corrected chi connectivity index (χ3v) is 25.9. The van der Waals surface area contributed by atoms with Crippen LogP contribution in [0.5, 0.6) is 24.0 Å². The molecule has 1 aliphatic carbocycles. The highest BCUT2D eigenvalue weighted by Crippen LogP contribution is 2.40. The van der Waals surface area contributed by atoms with Gasteiger partial charge in [-0.15, -0.1) is 0 Å². The first-order chi connectivity index (χ1) is 61.1. The molecule has 28 heteroatoms. The second kappa shape index (κ2) is 43.7. The van der Waals surface area contributed by atoms with E-state index in [1.54, 1.807) is 0 Å². The zero-order chi connectivity index (χ0) is 88.3. The SMILES string of the molecule is CCCCOc1nc(N)c2c(n1)N(C(C)c1ccc(CN3CCCC3)cc1)CC(=O)C2.CCCCOc1nc(N)c2c(n1)N(C(C)c1cccc(CN3CCCC3)c1)CC(=O)C2.CCCCOc1nc(N)c2c(n1)N(Cc1ccc3c(c1)CN(C(C)C)CC3)CC(=O)C2.CCCCOc1nc(N)c2c(n1)N(Cc1ccc3c(c1)CN(CC1CCC1)CC3)CC(=O)C2. The van der Waals surface area contributed by atoms with Crippen LogP contribution < -0.4 is 61.5 Å². The molecule has 1 saturated carbocycles. The standard InChI is InChI=1S/C26H35N5O2.3C24H33N5O2/c1-2-3-11-33-26-28-24(27)23-13-22(32)17-31(25(23)29-26)15-19-7-8-20-9-10-30(16-21(20)12-19)14-18-5-4-6-18;1-4-5-10-31-24-26-22(25)21-12-20(30)15-29(23(21)27-24)13-17-6-7-18-8-9-28(16(2)3)14-19(18)11-17;1-3-4-13-31-24-26-22(25)21-14-20(30)16-29(23(21)27-24)17(2)19-9-7-18(8-10-19)15-28-11-5-6-12-28;1-3-4-12-31-24-26-22(25)21-14-20(30)16-29(23(21)27-24)17(2)19-9-7-8-18(13-19)15-28-10-5-6-11-28/h7-8,12,18H,2-6,9-11,13-17H2,1H3,(H2,27,28,29);6-7,11,16H,4-5,8-10,12-15H2,1-3H3,(H2,25,26,27);7-10,17H,3-6,11-16H2,1-2H3,(H2,25,26,27);7-9,13,17H,3-6,10-12,14-16H2,1-2H3,(H2,25,26,27). The third kappa shape index (κ3) is 23.8. The molecule has 4 aromatic carbocycles. The van der Waals surface area contributed by atoms with Gasteiger partial charge in [0.05, 0.1) is 64.7 Å². The summed E-state index contributed by atoms with van der Waals surface area (Å²) in [5.74, 6) is 5.67.